The minimum absolute atomic E-state index is 0.194. The molecule has 162 valence electrons. The van der Waals surface area contributed by atoms with Gasteiger partial charge < -0.3 is 10.1 Å². The van der Waals surface area contributed by atoms with Crippen LogP contribution in [0.3, 0.4) is 0 Å². The topological polar surface area (TPSA) is 79.0 Å². The van der Waals surface area contributed by atoms with Gasteiger partial charge in [0.2, 0.25) is 10.0 Å². The maximum atomic E-state index is 13.0. The Morgan fingerprint density at radius 2 is 1.72 bits per heavy atom. The maximum Gasteiger partial charge on any atom is 0.251 e. The second-order valence-electron chi connectivity index (χ2n) is 8.44. The number of rotatable bonds is 6. The molecule has 2 saturated heterocycles. The molecule has 1 aromatic carbocycles. The van der Waals surface area contributed by atoms with Gasteiger partial charge >= 0.3 is 0 Å². The molecule has 0 radical (unpaired) electrons. The van der Waals surface area contributed by atoms with Crippen LogP contribution in [0.25, 0.3) is 0 Å². The van der Waals surface area contributed by atoms with Gasteiger partial charge in [0.05, 0.1) is 18.1 Å². The lowest BCUT2D eigenvalue weighted by atomic mass is 10.0. The van der Waals surface area contributed by atoms with Crippen LogP contribution < -0.4 is 5.32 Å². The SMILES string of the molecule is CC(C)(CNC(=O)c1cccc(S(=O)(=O)N2CCCCCC2)c1)N1CCOCC1. The van der Waals surface area contributed by atoms with E-state index < -0.39 is 10.0 Å². The third-order valence-electron chi connectivity index (χ3n) is 5.85. The number of sulfonamides is 1. The van der Waals surface area contributed by atoms with Crippen molar-refractivity contribution >= 4 is 15.9 Å². The van der Waals surface area contributed by atoms with Crippen molar-refractivity contribution < 1.29 is 17.9 Å². The molecule has 0 spiro atoms. The Morgan fingerprint density at radius 1 is 1.07 bits per heavy atom. The van der Waals surface area contributed by atoms with Crippen LogP contribution in [0.4, 0.5) is 0 Å². The smallest absolute Gasteiger partial charge is 0.251 e. The zero-order chi connectivity index (χ0) is 20.9. The number of ether oxygens (including phenoxy) is 1. The average Bonchev–Trinajstić information content (AvgIpc) is 3.03. The van der Waals surface area contributed by atoms with Crippen LogP contribution in [0, 0.1) is 0 Å². The number of morpholine rings is 1. The second-order valence-corrected chi connectivity index (χ2v) is 10.4. The van der Waals surface area contributed by atoms with Crippen LogP contribution >= 0.6 is 0 Å². The normalized spacial score (nSPS) is 20.2. The maximum absolute atomic E-state index is 13.0. The minimum atomic E-state index is -3.57. The van der Waals surface area contributed by atoms with Gasteiger partial charge in [-0.25, -0.2) is 8.42 Å². The summed E-state index contributed by atoms with van der Waals surface area (Å²) in [6.07, 6.45) is 3.90. The number of hydrogen-bond acceptors (Lipinski definition) is 5. The molecule has 1 N–H and O–H groups in total. The molecule has 0 unspecified atom stereocenters. The Labute approximate surface area is 174 Å². The fraction of sp³-hybridized carbons (Fsp3) is 0.667. The van der Waals surface area contributed by atoms with E-state index in [1.165, 1.54) is 6.07 Å². The van der Waals surface area contributed by atoms with E-state index in [9.17, 15) is 13.2 Å². The highest BCUT2D eigenvalue weighted by Gasteiger charge is 2.29. The molecule has 29 heavy (non-hydrogen) atoms. The molecular weight excluding hydrogens is 390 g/mol. The van der Waals surface area contributed by atoms with Crippen molar-refractivity contribution in [3.63, 3.8) is 0 Å². The first-order chi connectivity index (χ1) is 13.8. The summed E-state index contributed by atoms with van der Waals surface area (Å²) < 4.78 is 33.0. The molecule has 2 fully saturated rings. The van der Waals surface area contributed by atoms with E-state index in [1.807, 2.05) is 0 Å². The predicted molar refractivity (Wildman–Crippen MR) is 112 cm³/mol. The minimum Gasteiger partial charge on any atom is -0.379 e. The first-order valence-corrected chi connectivity index (χ1v) is 12.0. The molecule has 0 saturated carbocycles. The van der Waals surface area contributed by atoms with E-state index in [2.05, 4.69) is 24.1 Å². The molecule has 3 rings (SSSR count). The number of amides is 1. The van der Waals surface area contributed by atoms with Gasteiger partial charge in [-0.3, -0.25) is 9.69 Å². The molecule has 1 aromatic rings. The Balaban J connectivity index is 1.67. The quantitative estimate of drug-likeness (QED) is 0.758. The van der Waals surface area contributed by atoms with E-state index in [4.69, 9.17) is 4.74 Å². The van der Waals surface area contributed by atoms with Gasteiger partial charge in [0.15, 0.2) is 0 Å². The lowest BCUT2D eigenvalue weighted by molar-refractivity contribution is -0.00923. The average molecular weight is 424 g/mol. The highest BCUT2D eigenvalue weighted by Crippen LogP contribution is 2.21. The third kappa shape index (κ3) is 5.57. The van der Waals surface area contributed by atoms with E-state index in [1.54, 1.807) is 22.5 Å². The molecule has 7 nitrogen and oxygen atoms in total. The molecule has 2 aliphatic heterocycles. The lowest BCUT2D eigenvalue weighted by Crippen LogP contribution is -2.55. The van der Waals surface area contributed by atoms with Gasteiger partial charge in [0.1, 0.15) is 0 Å². The Hall–Kier alpha value is -1.48. The summed E-state index contributed by atoms with van der Waals surface area (Å²) in [7, 11) is -3.57. The van der Waals surface area contributed by atoms with Crippen molar-refractivity contribution in [1.29, 1.82) is 0 Å². The molecule has 2 heterocycles. The Kier molecular flexibility index (Phi) is 7.32. The fourth-order valence-corrected chi connectivity index (χ4v) is 5.47. The molecule has 8 heteroatoms. The van der Waals surface area contributed by atoms with E-state index in [0.29, 0.717) is 38.4 Å². The van der Waals surface area contributed by atoms with Crippen LogP contribution in [-0.2, 0) is 14.8 Å². The highest BCUT2D eigenvalue weighted by molar-refractivity contribution is 7.89. The predicted octanol–water partition coefficient (Wildman–Crippen LogP) is 2.09. The van der Waals surface area contributed by atoms with Gasteiger partial charge in [-0.05, 0) is 44.9 Å². The van der Waals surface area contributed by atoms with Crippen LogP contribution in [0.2, 0.25) is 0 Å². The van der Waals surface area contributed by atoms with E-state index in [-0.39, 0.29) is 16.3 Å². The van der Waals surface area contributed by atoms with Crippen molar-refractivity contribution in [2.24, 2.45) is 0 Å². The summed E-state index contributed by atoms with van der Waals surface area (Å²) in [5.41, 5.74) is 0.175. The second kappa shape index (κ2) is 9.55. The lowest BCUT2D eigenvalue weighted by Gasteiger charge is -2.40. The van der Waals surface area contributed by atoms with Crippen LogP contribution in [0.1, 0.15) is 49.9 Å². The standard InChI is InChI=1S/C21H33N3O4S/c1-21(2,23-12-14-28-15-13-23)17-22-20(25)18-8-7-9-19(16-18)29(26,27)24-10-5-3-4-6-11-24/h7-9,16H,3-6,10-15,17H2,1-2H3,(H,22,25). The van der Waals surface area contributed by atoms with Crippen molar-refractivity contribution in [2.75, 3.05) is 45.9 Å². The first kappa shape index (κ1) is 22.2. The third-order valence-corrected chi connectivity index (χ3v) is 7.74. The summed E-state index contributed by atoms with van der Waals surface area (Å²) in [4.78, 5) is 15.2. The summed E-state index contributed by atoms with van der Waals surface area (Å²) in [5.74, 6) is -0.251. The molecular formula is C21H33N3O4S. The summed E-state index contributed by atoms with van der Waals surface area (Å²) in [5, 5.41) is 2.97. The number of carbonyl (C=O) groups excluding carboxylic acids is 1. The Bertz CT molecular complexity index is 796. The zero-order valence-corrected chi connectivity index (χ0v) is 18.3. The van der Waals surface area contributed by atoms with Gasteiger partial charge in [-0.2, -0.15) is 4.31 Å². The van der Waals surface area contributed by atoms with Crippen molar-refractivity contribution in [2.45, 2.75) is 50.0 Å². The zero-order valence-electron chi connectivity index (χ0n) is 17.5. The van der Waals surface area contributed by atoms with Crippen LogP contribution in [0.5, 0.6) is 0 Å². The molecule has 2 aliphatic rings. The fourth-order valence-electron chi connectivity index (χ4n) is 3.91. The summed E-state index contributed by atoms with van der Waals surface area (Å²) in [6, 6.07) is 6.39. The van der Waals surface area contributed by atoms with Gasteiger partial charge in [-0.15, -0.1) is 0 Å². The number of nitrogens with zero attached hydrogens (tertiary/aromatic N) is 2. The molecule has 0 bridgehead atoms. The van der Waals surface area contributed by atoms with Gasteiger partial charge in [0.25, 0.3) is 5.91 Å². The van der Waals surface area contributed by atoms with Crippen molar-refractivity contribution in [3.8, 4) is 0 Å². The monoisotopic (exact) mass is 423 g/mol. The molecule has 1 amide bonds. The van der Waals surface area contributed by atoms with Crippen molar-refractivity contribution in [3.05, 3.63) is 29.8 Å². The number of nitrogens with one attached hydrogen (secondary N) is 1. The van der Waals surface area contributed by atoms with Crippen molar-refractivity contribution in [1.82, 2.24) is 14.5 Å². The van der Waals surface area contributed by atoms with Crippen LogP contribution in [0.15, 0.2) is 29.2 Å². The van der Waals surface area contributed by atoms with Gasteiger partial charge in [0, 0.05) is 43.8 Å². The molecule has 0 atom stereocenters. The van der Waals surface area contributed by atoms with Crippen LogP contribution in [-0.4, -0.2) is 75.0 Å². The first-order valence-electron chi connectivity index (χ1n) is 10.5. The largest absolute Gasteiger partial charge is 0.379 e. The molecule has 0 aliphatic carbocycles. The highest BCUT2D eigenvalue weighted by atomic mass is 32.2. The summed E-state index contributed by atoms with van der Waals surface area (Å²) in [6.45, 7) is 8.85. The molecule has 0 aromatic heterocycles. The number of carbonyl (C=O) groups is 1. The van der Waals surface area contributed by atoms with E-state index in [0.717, 1.165) is 38.8 Å². The van der Waals surface area contributed by atoms with E-state index >= 15 is 0 Å². The number of hydrogen-bond donors (Lipinski definition) is 1. The van der Waals surface area contributed by atoms with Gasteiger partial charge in [-0.1, -0.05) is 18.9 Å². The summed E-state index contributed by atoms with van der Waals surface area (Å²) >= 11 is 0. The number of benzene rings is 1. The Morgan fingerprint density at radius 3 is 2.38 bits per heavy atom.